The first-order valence-corrected chi connectivity index (χ1v) is 9.11. The molecule has 4 rings (SSSR count). The summed E-state index contributed by atoms with van der Waals surface area (Å²) in [5.74, 6) is 1.46. The number of hydrogen-bond donors (Lipinski definition) is 3. The van der Waals surface area contributed by atoms with Gasteiger partial charge in [0.15, 0.2) is 5.65 Å². The van der Waals surface area contributed by atoms with Crippen LogP contribution in [0.4, 0.5) is 17.5 Å². The SMILES string of the molecule is N#Cc1c(CCCNc2ncnc3nc(N)ccc23)nn(-c2ccccc2)c1N. The fraction of sp³-hybridized carbons (Fsp3) is 0.150. The fourth-order valence-corrected chi connectivity index (χ4v) is 3.10. The summed E-state index contributed by atoms with van der Waals surface area (Å²) in [7, 11) is 0. The molecule has 0 amide bonds. The molecule has 144 valence electrons. The van der Waals surface area contributed by atoms with Gasteiger partial charge < -0.3 is 16.8 Å². The highest BCUT2D eigenvalue weighted by Crippen LogP contribution is 2.22. The predicted octanol–water partition coefficient (Wildman–Crippen LogP) is 2.29. The number of aryl methyl sites for hydroxylation is 1. The average molecular weight is 385 g/mol. The topological polar surface area (TPSA) is 144 Å². The largest absolute Gasteiger partial charge is 0.384 e. The highest BCUT2D eigenvalue weighted by Gasteiger charge is 2.16. The third kappa shape index (κ3) is 3.64. The number of anilines is 3. The van der Waals surface area contributed by atoms with Gasteiger partial charge >= 0.3 is 0 Å². The number of nitrogen functional groups attached to an aromatic ring is 2. The van der Waals surface area contributed by atoms with Gasteiger partial charge in [0.25, 0.3) is 0 Å². The van der Waals surface area contributed by atoms with Gasteiger partial charge in [0.1, 0.15) is 35.4 Å². The molecule has 0 fully saturated rings. The third-order valence-corrected chi connectivity index (χ3v) is 4.51. The lowest BCUT2D eigenvalue weighted by Crippen LogP contribution is -2.07. The Hall–Kier alpha value is -4.19. The molecule has 0 aliphatic carbocycles. The zero-order chi connectivity index (χ0) is 20.2. The molecule has 0 saturated heterocycles. The summed E-state index contributed by atoms with van der Waals surface area (Å²) >= 11 is 0. The summed E-state index contributed by atoms with van der Waals surface area (Å²) in [5, 5.41) is 18.1. The second-order valence-electron chi connectivity index (χ2n) is 6.43. The molecule has 4 aromatic rings. The van der Waals surface area contributed by atoms with Crippen molar-refractivity contribution in [1.29, 1.82) is 5.26 Å². The maximum atomic E-state index is 9.50. The average Bonchev–Trinajstić information content (AvgIpc) is 3.06. The second kappa shape index (κ2) is 7.82. The Morgan fingerprint density at radius 2 is 1.90 bits per heavy atom. The van der Waals surface area contributed by atoms with E-state index in [2.05, 4.69) is 31.4 Å². The van der Waals surface area contributed by atoms with Gasteiger partial charge in [0.2, 0.25) is 0 Å². The van der Waals surface area contributed by atoms with Crippen molar-refractivity contribution < 1.29 is 0 Å². The number of pyridine rings is 1. The van der Waals surface area contributed by atoms with Gasteiger partial charge in [-0.25, -0.2) is 19.6 Å². The summed E-state index contributed by atoms with van der Waals surface area (Å²) in [5.41, 5.74) is 14.3. The van der Waals surface area contributed by atoms with Gasteiger partial charge in [-0.2, -0.15) is 10.4 Å². The van der Waals surface area contributed by atoms with Crippen LogP contribution < -0.4 is 16.8 Å². The summed E-state index contributed by atoms with van der Waals surface area (Å²) < 4.78 is 1.61. The lowest BCUT2D eigenvalue weighted by atomic mass is 10.1. The number of nitriles is 1. The standard InChI is InChI=1S/C20H19N9/c21-11-15-16(28-29(18(15)23)13-5-2-1-3-6-13)7-4-10-24-19-14-8-9-17(22)27-20(14)26-12-25-19/h1-3,5-6,8-9,12H,4,7,10,23H2,(H3,22,24,25,26,27). The van der Waals surface area contributed by atoms with Crippen LogP contribution in [0.3, 0.4) is 0 Å². The van der Waals surface area contributed by atoms with Gasteiger partial charge in [0, 0.05) is 6.54 Å². The molecule has 3 heterocycles. The number of para-hydroxylation sites is 1. The molecule has 0 atom stereocenters. The van der Waals surface area contributed by atoms with E-state index in [4.69, 9.17) is 11.5 Å². The van der Waals surface area contributed by atoms with Crippen LogP contribution in [-0.4, -0.2) is 31.3 Å². The van der Waals surface area contributed by atoms with Crippen LogP contribution in [0.2, 0.25) is 0 Å². The molecule has 29 heavy (non-hydrogen) atoms. The van der Waals surface area contributed by atoms with Crippen LogP contribution in [0.25, 0.3) is 16.7 Å². The number of benzene rings is 1. The summed E-state index contributed by atoms with van der Waals surface area (Å²) in [6, 6.07) is 15.3. The summed E-state index contributed by atoms with van der Waals surface area (Å²) in [4.78, 5) is 12.6. The van der Waals surface area contributed by atoms with Gasteiger partial charge in [-0.05, 0) is 37.1 Å². The molecule has 0 radical (unpaired) electrons. The summed E-state index contributed by atoms with van der Waals surface area (Å²) in [6.45, 7) is 0.638. The number of nitrogens with zero attached hydrogens (tertiary/aromatic N) is 6. The smallest absolute Gasteiger partial charge is 0.166 e. The van der Waals surface area contributed by atoms with Crippen molar-refractivity contribution in [1.82, 2.24) is 24.7 Å². The van der Waals surface area contributed by atoms with E-state index in [1.54, 1.807) is 10.7 Å². The van der Waals surface area contributed by atoms with E-state index < -0.39 is 0 Å². The lowest BCUT2D eigenvalue weighted by Gasteiger charge is -2.07. The van der Waals surface area contributed by atoms with Crippen molar-refractivity contribution in [2.45, 2.75) is 12.8 Å². The van der Waals surface area contributed by atoms with Crippen LogP contribution in [0, 0.1) is 11.3 Å². The molecular weight excluding hydrogens is 366 g/mol. The minimum absolute atomic E-state index is 0.354. The lowest BCUT2D eigenvalue weighted by molar-refractivity contribution is 0.789. The second-order valence-corrected chi connectivity index (χ2v) is 6.43. The monoisotopic (exact) mass is 385 g/mol. The van der Waals surface area contributed by atoms with Crippen LogP contribution in [0.15, 0.2) is 48.8 Å². The Morgan fingerprint density at radius 1 is 1.07 bits per heavy atom. The third-order valence-electron chi connectivity index (χ3n) is 4.51. The maximum absolute atomic E-state index is 9.50. The van der Waals surface area contributed by atoms with Crippen molar-refractivity contribution in [3.05, 3.63) is 60.0 Å². The summed E-state index contributed by atoms with van der Waals surface area (Å²) in [6.07, 6.45) is 2.80. The Morgan fingerprint density at radius 3 is 2.69 bits per heavy atom. The predicted molar refractivity (Wildman–Crippen MR) is 111 cm³/mol. The first-order chi connectivity index (χ1) is 14.2. The minimum Gasteiger partial charge on any atom is -0.384 e. The molecule has 0 unspecified atom stereocenters. The van der Waals surface area contributed by atoms with Crippen molar-refractivity contribution in [3.8, 4) is 11.8 Å². The van der Waals surface area contributed by atoms with Gasteiger partial charge in [-0.3, -0.25) is 0 Å². The van der Waals surface area contributed by atoms with E-state index in [0.29, 0.717) is 47.3 Å². The van der Waals surface area contributed by atoms with E-state index in [0.717, 1.165) is 17.5 Å². The van der Waals surface area contributed by atoms with Crippen molar-refractivity contribution >= 4 is 28.5 Å². The van der Waals surface area contributed by atoms with Crippen LogP contribution >= 0.6 is 0 Å². The molecule has 1 aromatic carbocycles. The van der Waals surface area contributed by atoms with Gasteiger partial charge in [-0.15, -0.1) is 0 Å². The first kappa shape index (κ1) is 18.2. The van der Waals surface area contributed by atoms with Crippen molar-refractivity contribution in [2.75, 3.05) is 23.3 Å². The van der Waals surface area contributed by atoms with E-state index in [-0.39, 0.29) is 0 Å². The number of aromatic nitrogens is 5. The Bertz CT molecular complexity index is 1190. The first-order valence-electron chi connectivity index (χ1n) is 9.11. The van der Waals surface area contributed by atoms with E-state index in [9.17, 15) is 5.26 Å². The Balaban J connectivity index is 1.46. The molecule has 0 aliphatic rings. The quantitative estimate of drug-likeness (QED) is 0.429. The molecule has 0 saturated carbocycles. The van der Waals surface area contributed by atoms with Crippen LogP contribution in [0.5, 0.6) is 0 Å². The van der Waals surface area contributed by atoms with Crippen LogP contribution in [-0.2, 0) is 6.42 Å². The molecule has 3 aromatic heterocycles. The Labute approximate surface area is 167 Å². The molecule has 0 aliphatic heterocycles. The molecular formula is C20H19N9. The van der Waals surface area contributed by atoms with E-state index in [1.165, 1.54) is 6.33 Å². The normalized spacial score (nSPS) is 10.7. The number of nitrogens with one attached hydrogen (secondary N) is 1. The number of rotatable bonds is 6. The number of nitrogens with two attached hydrogens (primary N) is 2. The molecule has 9 nitrogen and oxygen atoms in total. The Kier molecular flexibility index (Phi) is 4.90. The highest BCUT2D eigenvalue weighted by molar-refractivity contribution is 5.87. The minimum atomic E-state index is 0.354. The van der Waals surface area contributed by atoms with Crippen molar-refractivity contribution in [3.63, 3.8) is 0 Å². The molecule has 0 bridgehead atoms. The fourth-order valence-electron chi connectivity index (χ4n) is 3.10. The number of fused-ring (bicyclic) bond motifs is 1. The molecule has 0 spiro atoms. The van der Waals surface area contributed by atoms with E-state index >= 15 is 0 Å². The maximum Gasteiger partial charge on any atom is 0.166 e. The van der Waals surface area contributed by atoms with Crippen molar-refractivity contribution in [2.24, 2.45) is 0 Å². The highest BCUT2D eigenvalue weighted by atomic mass is 15.3. The van der Waals surface area contributed by atoms with Gasteiger partial charge in [0.05, 0.1) is 16.8 Å². The number of hydrogen-bond acceptors (Lipinski definition) is 8. The molecule has 9 heteroatoms. The van der Waals surface area contributed by atoms with Gasteiger partial charge in [-0.1, -0.05) is 18.2 Å². The zero-order valence-corrected chi connectivity index (χ0v) is 15.6. The van der Waals surface area contributed by atoms with Crippen LogP contribution in [0.1, 0.15) is 17.7 Å². The van der Waals surface area contributed by atoms with E-state index in [1.807, 2.05) is 36.4 Å². The zero-order valence-electron chi connectivity index (χ0n) is 15.6. The molecule has 5 N–H and O–H groups in total.